The Labute approximate surface area is 127 Å². The Balaban J connectivity index is 1.50. The molecule has 0 spiro atoms. The first-order valence-electron chi connectivity index (χ1n) is 7.54. The highest BCUT2D eigenvalue weighted by molar-refractivity contribution is 7.88. The summed E-state index contributed by atoms with van der Waals surface area (Å²) in [6, 6.07) is 8.52. The minimum absolute atomic E-state index is 0.578. The number of hydrogen-bond donors (Lipinski definition) is 1. The van der Waals surface area contributed by atoms with E-state index in [1.54, 1.807) is 4.31 Å². The lowest BCUT2D eigenvalue weighted by Gasteiger charge is -2.33. The fourth-order valence-electron chi connectivity index (χ4n) is 3.24. The van der Waals surface area contributed by atoms with E-state index in [0.717, 1.165) is 32.6 Å². The zero-order valence-electron chi connectivity index (χ0n) is 12.5. The first-order valence-corrected chi connectivity index (χ1v) is 9.39. The summed E-state index contributed by atoms with van der Waals surface area (Å²) < 4.78 is 24.6. The van der Waals surface area contributed by atoms with E-state index in [2.05, 4.69) is 34.5 Å². The van der Waals surface area contributed by atoms with Gasteiger partial charge in [0.1, 0.15) is 0 Å². The predicted molar refractivity (Wildman–Crippen MR) is 85.1 cm³/mol. The lowest BCUT2D eigenvalue weighted by atomic mass is 9.97. The maximum atomic E-state index is 11.5. The SMILES string of the molecule is CS(=O)(=O)N1CCN(CCC2CNc3ccccc32)CC1. The second-order valence-electron chi connectivity index (χ2n) is 5.96. The van der Waals surface area contributed by atoms with E-state index >= 15 is 0 Å². The number of rotatable bonds is 4. The maximum absolute atomic E-state index is 11.5. The van der Waals surface area contributed by atoms with Gasteiger partial charge in [0, 0.05) is 44.3 Å². The Morgan fingerprint density at radius 2 is 1.90 bits per heavy atom. The smallest absolute Gasteiger partial charge is 0.211 e. The van der Waals surface area contributed by atoms with Crippen LogP contribution >= 0.6 is 0 Å². The lowest BCUT2D eigenvalue weighted by Crippen LogP contribution is -2.48. The number of nitrogens with zero attached hydrogens (tertiary/aromatic N) is 2. The molecule has 5 nitrogen and oxygen atoms in total. The van der Waals surface area contributed by atoms with E-state index < -0.39 is 10.0 Å². The third-order valence-electron chi connectivity index (χ3n) is 4.53. The Kier molecular flexibility index (Phi) is 4.19. The van der Waals surface area contributed by atoms with Gasteiger partial charge in [-0.3, -0.25) is 0 Å². The molecule has 1 aromatic carbocycles. The number of para-hydroxylation sites is 1. The van der Waals surface area contributed by atoms with Crippen LogP contribution in [0.4, 0.5) is 5.69 Å². The molecular formula is C15H23N3O2S. The van der Waals surface area contributed by atoms with Crippen molar-refractivity contribution in [2.24, 2.45) is 0 Å². The van der Waals surface area contributed by atoms with Crippen molar-refractivity contribution in [2.45, 2.75) is 12.3 Å². The Morgan fingerprint density at radius 1 is 1.19 bits per heavy atom. The highest BCUT2D eigenvalue weighted by Gasteiger charge is 2.25. The summed E-state index contributed by atoms with van der Waals surface area (Å²) in [4.78, 5) is 2.38. The van der Waals surface area contributed by atoms with Gasteiger partial charge in [-0.25, -0.2) is 8.42 Å². The van der Waals surface area contributed by atoms with E-state index in [-0.39, 0.29) is 0 Å². The van der Waals surface area contributed by atoms with E-state index in [1.165, 1.54) is 17.5 Å². The van der Waals surface area contributed by atoms with E-state index in [9.17, 15) is 8.42 Å². The standard InChI is InChI=1S/C15H23N3O2S/c1-21(19,20)18-10-8-17(9-11-18)7-6-13-12-16-15-5-3-2-4-14(13)15/h2-5,13,16H,6-12H2,1H3. The van der Waals surface area contributed by atoms with Crippen molar-refractivity contribution in [1.29, 1.82) is 0 Å². The largest absolute Gasteiger partial charge is 0.384 e. The van der Waals surface area contributed by atoms with Crippen LogP contribution in [0.15, 0.2) is 24.3 Å². The summed E-state index contributed by atoms with van der Waals surface area (Å²) in [5.74, 6) is 0.578. The van der Waals surface area contributed by atoms with Crippen molar-refractivity contribution in [3.63, 3.8) is 0 Å². The molecule has 21 heavy (non-hydrogen) atoms. The highest BCUT2D eigenvalue weighted by atomic mass is 32.2. The van der Waals surface area contributed by atoms with E-state index in [1.807, 2.05) is 0 Å². The van der Waals surface area contributed by atoms with Crippen molar-refractivity contribution >= 4 is 15.7 Å². The topological polar surface area (TPSA) is 52.7 Å². The molecule has 2 aliphatic rings. The second kappa shape index (κ2) is 5.94. The van der Waals surface area contributed by atoms with Gasteiger partial charge in [-0.2, -0.15) is 4.31 Å². The van der Waals surface area contributed by atoms with Gasteiger partial charge in [-0.15, -0.1) is 0 Å². The first kappa shape index (κ1) is 14.8. The quantitative estimate of drug-likeness (QED) is 0.907. The number of fused-ring (bicyclic) bond motifs is 1. The number of benzene rings is 1. The molecule has 1 atom stereocenters. The van der Waals surface area contributed by atoms with Crippen LogP contribution in [0, 0.1) is 0 Å². The Bertz CT molecular complexity index is 595. The van der Waals surface area contributed by atoms with Gasteiger partial charge >= 0.3 is 0 Å². The zero-order valence-corrected chi connectivity index (χ0v) is 13.3. The minimum atomic E-state index is -3.02. The van der Waals surface area contributed by atoms with Crippen LogP contribution in [0.1, 0.15) is 17.9 Å². The molecule has 0 bridgehead atoms. The van der Waals surface area contributed by atoms with Crippen molar-refractivity contribution in [1.82, 2.24) is 9.21 Å². The fourth-order valence-corrected chi connectivity index (χ4v) is 4.06. The summed E-state index contributed by atoms with van der Waals surface area (Å²) in [6.45, 7) is 4.99. The van der Waals surface area contributed by atoms with Crippen molar-refractivity contribution in [3.05, 3.63) is 29.8 Å². The number of sulfonamides is 1. The van der Waals surface area contributed by atoms with Crippen molar-refractivity contribution < 1.29 is 8.42 Å². The molecule has 3 rings (SSSR count). The molecule has 0 saturated carbocycles. The van der Waals surface area contributed by atoms with Crippen LogP contribution in [-0.4, -0.2) is 63.1 Å². The Morgan fingerprint density at radius 3 is 2.62 bits per heavy atom. The summed E-state index contributed by atoms with van der Waals surface area (Å²) >= 11 is 0. The third-order valence-corrected chi connectivity index (χ3v) is 5.84. The molecule has 1 fully saturated rings. The van der Waals surface area contributed by atoms with E-state index in [4.69, 9.17) is 0 Å². The van der Waals surface area contributed by atoms with Crippen LogP contribution in [0.2, 0.25) is 0 Å². The normalized spacial score (nSPS) is 23.8. The van der Waals surface area contributed by atoms with Crippen LogP contribution < -0.4 is 5.32 Å². The summed E-state index contributed by atoms with van der Waals surface area (Å²) in [6.07, 6.45) is 2.42. The molecule has 0 radical (unpaired) electrons. The number of nitrogens with one attached hydrogen (secondary N) is 1. The van der Waals surface area contributed by atoms with Gasteiger partial charge in [0.15, 0.2) is 0 Å². The van der Waals surface area contributed by atoms with Crippen LogP contribution in [0.25, 0.3) is 0 Å². The van der Waals surface area contributed by atoms with Crippen LogP contribution in [0.5, 0.6) is 0 Å². The van der Waals surface area contributed by atoms with E-state index in [0.29, 0.717) is 19.0 Å². The van der Waals surface area contributed by atoms with Gasteiger partial charge in [-0.1, -0.05) is 18.2 Å². The monoisotopic (exact) mass is 309 g/mol. The van der Waals surface area contributed by atoms with Crippen molar-refractivity contribution in [3.8, 4) is 0 Å². The highest BCUT2D eigenvalue weighted by Crippen LogP contribution is 2.33. The molecule has 2 heterocycles. The molecule has 0 aromatic heterocycles. The molecule has 1 N–H and O–H groups in total. The molecule has 2 aliphatic heterocycles. The van der Waals surface area contributed by atoms with Gasteiger partial charge < -0.3 is 10.2 Å². The van der Waals surface area contributed by atoms with Gasteiger partial charge in [0.25, 0.3) is 0 Å². The van der Waals surface area contributed by atoms with Gasteiger partial charge in [0.2, 0.25) is 10.0 Å². The summed E-state index contributed by atoms with van der Waals surface area (Å²) in [5, 5.41) is 3.46. The maximum Gasteiger partial charge on any atom is 0.211 e. The Hall–Kier alpha value is -1.11. The van der Waals surface area contributed by atoms with Gasteiger partial charge in [-0.05, 0) is 24.6 Å². The lowest BCUT2D eigenvalue weighted by molar-refractivity contribution is 0.184. The van der Waals surface area contributed by atoms with Gasteiger partial charge in [0.05, 0.1) is 6.26 Å². The zero-order chi connectivity index (χ0) is 14.9. The number of hydrogen-bond acceptors (Lipinski definition) is 4. The summed E-state index contributed by atoms with van der Waals surface area (Å²) in [5.41, 5.74) is 2.69. The second-order valence-corrected chi connectivity index (χ2v) is 7.94. The molecule has 116 valence electrons. The summed E-state index contributed by atoms with van der Waals surface area (Å²) in [7, 11) is -3.02. The number of anilines is 1. The first-order chi connectivity index (χ1) is 10.0. The predicted octanol–water partition coefficient (Wildman–Crippen LogP) is 1.16. The molecule has 0 amide bonds. The van der Waals surface area contributed by atoms with Crippen LogP contribution in [0.3, 0.4) is 0 Å². The molecule has 1 aromatic rings. The molecule has 1 saturated heterocycles. The fraction of sp³-hybridized carbons (Fsp3) is 0.600. The third kappa shape index (κ3) is 3.39. The number of piperazine rings is 1. The molecule has 6 heteroatoms. The molecule has 1 unspecified atom stereocenters. The molecular weight excluding hydrogens is 286 g/mol. The minimum Gasteiger partial charge on any atom is -0.384 e. The average molecular weight is 309 g/mol. The van der Waals surface area contributed by atoms with Crippen molar-refractivity contribution in [2.75, 3.05) is 50.8 Å². The molecule has 0 aliphatic carbocycles. The van der Waals surface area contributed by atoms with Crippen LogP contribution in [-0.2, 0) is 10.0 Å². The average Bonchev–Trinajstić information content (AvgIpc) is 2.88.